The zero-order valence-corrected chi connectivity index (χ0v) is 13.8. The van der Waals surface area contributed by atoms with Gasteiger partial charge in [0.05, 0.1) is 0 Å². The Labute approximate surface area is 124 Å². The standard InChI is InChI=1S/C9H17NOS.C4H9N.C2H6/c1-8-2-5-10(6-3-8)9(11)4-7-12;1-2-4-5-3-1;1-2/h8,12H,2-7H2,1H3;5H,1-4H2;1-2H3. The summed E-state index contributed by atoms with van der Waals surface area (Å²) in [7, 11) is 0. The Balaban J connectivity index is 0.000000383. The van der Waals surface area contributed by atoms with Crippen molar-refractivity contribution in [3.63, 3.8) is 0 Å². The van der Waals surface area contributed by atoms with Crippen LogP contribution in [0.1, 0.15) is 52.9 Å². The normalized spacial score (nSPS) is 19.1. The van der Waals surface area contributed by atoms with Crippen LogP contribution in [0.3, 0.4) is 0 Å². The van der Waals surface area contributed by atoms with Gasteiger partial charge in [-0.15, -0.1) is 0 Å². The number of likely N-dealkylation sites (tertiary alicyclic amines) is 1. The molecule has 0 aromatic heterocycles. The number of thiol groups is 1. The summed E-state index contributed by atoms with van der Waals surface area (Å²) in [5.41, 5.74) is 0. The van der Waals surface area contributed by atoms with Crippen molar-refractivity contribution in [3.05, 3.63) is 0 Å². The van der Waals surface area contributed by atoms with E-state index in [1.165, 1.54) is 25.9 Å². The first kappa shape index (κ1) is 18.8. The van der Waals surface area contributed by atoms with Crippen LogP contribution < -0.4 is 5.32 Å². The summed E-state index contributed by atoms with van der Waals surface area (Å²) in [6.45, 7) is 10.7. The van der Waals surface area contributed by atoms with Crippen LogP contribution in [0.25, 0.3) is 0 Å². The maximum absolute atomic E-state index is 11.4. The molecule has 2 rings (SSSR count). The molecule has 1 amide bonds. The Bertz CT molecular complexity index is 205. The van der Waals surface area contributed by atoms with Gasteiger partial charge in [0.1, 0.15) is 0 Å². The molecule has 3 nitrogen and oxygen atoms in total. The van der Waals surface area contributed by atoms with Gasteiger partial charge in [-0.3, -0.25) is 4.79 Å². The minimum absolute atomic E-state index is 0.275. The number of piperidine rings is 1. The summed E-state index contributed by atoms with van der Waals surface area (Å²) in [5.74, 6) is 1.74. The second-order valence-corrected chi connectivity index (χ2v) is 5.44. The number of rotatable bonds is 2. The van der Waals surface area contributed by atoms with Crippen LogP contribution in [0.2, 0.25) is 0 Å². The van der Waals surface area contributed by atoms with Crippen molar-refractivity contribution in [1.82, 2.24) is 10.2 Å². The van der Waals surface area contributed by atoms with Gasteiger partial charge < -0.3 is 10.2 Å². The molecule has 2 saturated heterocycles. The number of nitrogens with one attached hydrogen (secondary N) is 1. The number of hydrogen-bond acceptors (Lipinski definition) is 3. The summed E-state index contributed by atoms with van der Waals surface area (Å²) in [4.78, 5) is 13.4. The summed E-state index contributed by atoms with van der Waals surface area (Å²) in [5, 5.41) is 3.22. The van der Waals surface area contributed by atoms with Gasteiger partial charge in [0.2, 0.25) is 5.91 Å². The van der Waals surface area contributed by atoms with Crippen molar-refractivity contribution in [2.45, 2.75) is 52.9 Å². The maximum Gasteiger partial charge on any atom is 0.223 e. The fourth-order valence-electron chi connectivity index (χ4n) is 2.14. The molecule has 114 valence electrons. The molecule has 0 radical (unpaired) electrons. The van der Waals surface area contributed by atoms with E-state index in [4.69, 9.17) is 0 Å². The minimum atomic E-state index is 0.275. The predicted octanol–water partition coefficient (Wildman–Crippen LogP) is 2.96. The van der Waals surface area contributed by atoms with Crippen molar-refractivity contribution in [2.75, 3.05) is 31.9 Å². The van der Waals surface area contributed by atoms with Crippen LogP contribution in [-0.2, 0) is 4.79 Å². The van der Waals surface area contributed by atoms with E-state index >= 15 is 0 Å². The van der Waals surface area contributed by atoms with Gasteiger partial charge >= 0.3 is 0 Å². The molecule has 0 unspecified atom stereocenters. The quantitative estimate of drug-likeness (QED) is 0.766. The van der Waals surface area contributed by atoms with E-state index in [1.807, 2.05) is 18.7 Å². The van der Waals surface area contributed by atoms with E-state index in [-0.39, 0.29) is 5.91 Å². The Kier molecular flexibility index (Phi) is 12.6. The molecule has 0 atom stereocenters. The Hall–Kier alpha value is -0.220. The average Bonchev–Trinajstić information content (AvgIpc) is 3.01. The van der Waals surface area contributed by atoms with Crippen molar-refractivity contribution in [1.29, 1.82) is 0 Å². The van der Waals surface area contributed by atoms with Gasteiger partial charge in [-0.1, -0.05) is 20.8 Å². The highest BCUT2D eigenvalue weighted by Gasteiger charge is 2.18. The third-order valence-corrected chi connectivity index (χ3v) is 3.64. The van der Waals surface area contributed by atoms with Gasteiger partial charge in [0.15, 0.2) is 0 Å². The first-order chi connectivity index (χ1) is 9.24. The smallest absolute Gasteiger partial charge is 0.223 e. The van der Waals surface area contributed by atoms with Crippen molar-refractivity contribution < 1.29 is 4.79 Å². The number of carbonyl (C=O) groups is 1. The van der Waals surface area contributed by atoms with Gasteiger partial charge in [-0.05, 0) is 50.4 Å². The molecule has 2 aliphatic heterocycles. The van der Waals surface area contributed by atoms with Crippen molar-refractivity contribution >= 4 is 18.5 Å². The lowest BCUT2D eigenvalue weighted by Gasteiger charge is -2.30. The Morgan fingerprint density at radius 1 is 1.21 bits per heavy atom. The highest BCUT2D eigenvalue weighted by molar-refractivity contribution is 7.80. The highest BCUT2D eigenvalue weighted by atomic mass is 32.1. The van der Waals surface area contributed by atoms with Crippen LogP contribution in [0.4, 0.5) is 0 Å². The molecule has 2 heterocycles. The van der Waals surface area contributed by atoms with E-state index in [2.05, 4.69) is 24.9 Å². The predicted molar refractivity (Wildman–Crippen MR) is 86.9 cm³/mol. The van der Waals surface area contributed by atoms with Crippen LogP contribution >= 0.6 is 12.6 Å². The number of nitrogens with zero attached hydrogens (tertiary/aromatic N) is 1. The molecule has 2 aliphatic rings. The molecular formula is C15H32N2OS. The molecule has 19 heavy (non-hydrogen) atoms. The molecular weight excluding hydrogens is 256 g/mol. The SMILES string of the molecule is C1CCNC1.CC.CC1CCN(C(=O)CCS)CC1. The lowest BCUT2D eigenvalue weighted by atomic mass is 9.99. The molecule has 0 saturated carbocycles. The fourth-order valence-corrected chi connectivity index (χ4v) is 2.33. The number of carbonyl (C=O) groups excluding carboxylic acids is 1. The molecule has 2 fully saturated rings. The summed E-state index contributed by atoms with van der Waals surface area (Å²) in [6.07, 6.45) is 5.70. The summed E-state index contributed by atoms with van der Waals surface area (Å²) >= 11 is 4.05. The monoisotopic (exact) mass is 288 g/mol. The average molecular weight is 289 g/mol. The minimum Gasteiger partial charge on any atom is -0.343 e. The summed E-state index contributed by atoms with van der Waals surface area (Å²) < 4.78 is 0. The van der Waals surface area contributed by atoms with Crippen LogP contribution in [-0.4, -0.2) is 42.7 Å². The van der Waals surface area contributed by atoms with E-state index in [9.17, 15) is 4.79 Å². The van der Waals surface area contributed by atoms with Crippen LogP contribution in [0.15, 0.2) is 0 Å². The van der Waals surface area contributed by atoms with Gasteiger partial charge in [0.25, 0.3) is 0 Å². The second-order valence-electron chi connectivity index (χ2n) is 4.99. The van der Waals surface area contributed by atoms with Gasteiger partial charge in [0, 0.05) is 19.5 Å². The third kappa shape index (κ3) is 9.33. The zero-order valence-electron chi connectivity index (χ0n) is 13.0. The molecule has 0 spiro atoms. The first-order valence-electron chi connectivity index (χ1n) is 7.83. The zero-order chi connectivity index (χ0) is 14.5. The second kappa shape index (κ2) is 12.8. The van der Waals surface area contributed by atoms with E-state index in [0.717, 1.165) is 31.8 Å². The maximum atomic E-state index is 11.4. The first-order valence-corrected chi connectivity index (χ1v) is 8.46. The van der Waals surface area contributed by atoms with Crippen molar-refractivity contribution in [3.8, 4) is 0 Å². The molecule has 0 bridgehead atoms. The summed E-state index contributed by atoms with van der Waals surface area (Å²) in [6, 6.07) is 0. The number of amides is 1. The van der Waals surface area contributed by atoms with Crippen LogP contribution in [0, 0.1) is 5.92 Å². The van der Waals surface area contributed by atoms with E-state index in [1.54, 1.807) is 0 Å². The highest BCUT2D eigenvalue weighted by Crippen LogP contribution is 2.16. The number of hydrogen-bond donors (Lipinski definition) is 2. The fraction of sp³-hybridized carbons (Fsp3) is 0.933. The Morgan fingerprint density at radius 3 is 2.11 bits per heavy atom. The largest absolute Gasteiger partial charge is 0.343 e. The lowest BCUT2D eigenvalue weighted by Crippen LogP contribution is -2.37. The molecule has 4 heteroatoms. The topological polar surface area (TPSA) is 32.3 Å². The van der Waals surface area contributed by atoms with Crippen molar-refractivity contribution in [2.24, 2.45) is 5.92 Å². The lowest BCUT2D eigenvalue weighted by molar-refractivity contribution is -0.132. The van der Waals surface area contributed by atoms with Crippen LogP contribution in [0.5, 0.6) is 0 Å². The molecule has 0 aromatic carbocycles. The van der Waals surface area contributed by atoms with E-state index in [0.29, 0.717) is 12.2 Å². The van der Waals surface area contributed by atoms with E-state index < -0.39 is 0 Å². The van der Waals surface area contributed by atoms with Gasteiger partial charge in [-0.25, -0.2) is 0 Å². The molecule has 1 N–H and O–H groups in total. The third-order valence-electron chi connectivity index (χ3n) is 3.42. The van der Waals surface area contributed by atoms with Gasteiger partial charge in [-0.2, -0.15) is 12.6 Å². The Morgan fingerprint density at radius 2 is 1.74 bits per heavy atom. The molecule has 0 aromatic rings. The molecule has 0 aliphatic carbocycles.